The minimum absolute atomic E-state index is 0.0591. The molecule has 1 aliphatic rings. The minimum Gasteiger partial charge on any atom is -0.493 e. The summed E-state index contributed by atoms with van der Waals surface area (Å²) in [4.78, 5) is 12.4. The largest absolute Gasteiger partial charge is 0.493 e. The number of ether oxygens (including phenoxy) is 2. The molecule has 0 saturated heterocycles. The van der Waals surface area contributed by atoms with E-state index in [0.29, 0.717) is 28.6 Å². The number of carbonyl (C=O) groups is 1. The van der Waals surface area contributed by atoms with Crippen LogP contribution in [0.15, 0.2) is 46.2 Å². The van der Waals surface area contributed by atoms with Crippen LogP contribution in [0.2, 0.25) is 0 Å². The lowest BCUT2D eigenvalue weighted by Gasteiger charge is -2.17. The van der Waals surface area contributed by atoms with E-state index in [4.69, 9.17) is 9.47 Å². The quantitative estimate of drug-likeness (QED) is 0.828. The minimum atomic E-state index is -3.82. The van der Waals surface area contributed by atoms with Gasteiger partial charge in [-0.25, -0.2) is 8.42 Å². The number of amides is 1. The van der Waals surface area contributed by atoms with E-state index in [1.54, 1.807) is 18.2 Å². The molecule has 2 aromatic rings. The third-order valence-corrected chi connectivity index (χ3v) is 5.98. The van der Waals surface area contributed by atoms with E-state index in [1.165, 1.54) is 44.2 Å². The summed E-state index contributed by atoms with van der Waals surface area (Å²) < 4.78 is 38.0. The van der Waals surface area contributed by atoms with Crippen molar-refractivity contribution in [3.05, 3.63) is 36.4 Å². The Morgan fingerprint density at radius 2 is 1.84 bits per heavy atom. The van der Waals surface area contributed by atoms with E-state index in [1.807, 2.05) is 0 Å². The van der Waals surface area contributed by atoms with Crippen LogP contribution in [0.1, 0.15) is 0 Å². The van der Waals surface area contributed by atoms with Crippen molar-refractivity contribution >= 4 is 39.1 Å². The Hall–Kier alpha value is -2.39. The van der Waals surface area contributed by atoms with Crippen molar-refractivity contribution in [3.8, 4) is 11.5 Å². The Bertz CT molecular complexity index is 928. The van der Waals surface area contributed by atoms with Crippen molar-refractivity contribution in [1.29, 1.82) is 0 Å². The molecule has 0 aliphatic carbocycles. The van der Waals surface area contributed by atoms with Crippen LogP contribution < -0.4 is 19.5 Å². The highest BCUT2D eigenvalue weighted by Gasteiger charge is 2.21. The molecule has 0 saturated carbocycles. The van der Waals surface area contributed by atoms with E-state index in [0.717, 1.165) is 4.90 Å². The average molecular weight is 380 g/mol. The molecule has 0 atom stereocenters. The third-order valence-electron chi connectivity index (χ3n) is 3.53. The molecule has 0 radical (unpaired) electrons. The van der Waals surface area contributed by atoms with Gasteiger partial charge in [0.2, 0.25) is 5.91 Å². The molecule has 0 fully saturated rings. The molecule has 25 heavy (non-hydrogen) atoms. The van der Waals surface area contributed by atoms with Gasteiger partial charge in [0.1, 0.15) is 0 Å². The van der Waals surface area contributed by atoms with Gasteiger partial charge in [0.05, 0.1) is 36.2 Å². The lowest BCUT2D eigenvalue weighted by Crippen LogP contribution is -2.20. The van der Waals surface area contributed by atoms with Gasteiger partial charge in [-0.05, 0) is 30.3 Å². The predicted octanol–water partition coefficient (Wildman–Crippen LogP) is 2.55. The van der Waals surface area contributed by atoms with Crippen molar-refractivity contribution in [2.24, 2.45) is 0 Å². The van der Waals surface area contributed by atoms with Crippen LogP contribution in [0, 0.1) is 0 Å². The molecule has 0 aromatic heterocycles. The van der Waals surface area contributed by atoms with Gasteiger partial charge < -0.3 is 14.8 Å². The molecule has 0 unspecified atom stereocenters. The zero-order valence-electron chi connectivity index (χ0n) is 13.5. The maximum atomic E-state index is 12.6. The lowest BCUT2D eigenvalue weighted by molar-refractivity contribution is -0.113. The maximum Gasteiger partial charge on any atom is 0.261 e. The van der Waals surface area contributed by atoms with Gasteiger partial charge in [0.15, 0.2) is 11.5 Å². The number of carbonyl (C=O) groups excluding carboxylic acids is 1. The van der Waals surface area contributed by atoms with E-state index < -0.39 is 10.0 Å². The number of sulfonamides is 1. The molecule has 0 bridgehead atoms. The van der Waals surface area contributed by atoms with E-state index >= 15 is 0 Å². The van der Waals surface area contributed by atoms with Gasteiger partial charge in [0, 0.05) is 11.0 Å². The molecule has 1 amide bonds. The van der Waals surface area contributed by atoms with Crippen LogP contribution in [0.25, 0.3) is 0 Å². The van der Waals surface area contributed by atoms with E-state index in [-0.39, 0.29) is 10.8 Å². The maximum absolute atomic E-state index is 12.6. The second-order valence-electron chi connectivity index (χ2n) is 5.17. The van der Waals surface area contributed by atoms with Crippen LogP contribution in [0.3, 0.4) is 0 Å². The molecule has 1 heterocycles. The van der Waals surface area contributed by atoms with Crippen LogP contribution in [0.4, 0.5) is 11.4 Å². The number of benzene rings is 2. The number of hydrogen-bond acceptors (Lipinski definition) is 6. The summed E-state index contributed by atoms with van der Waals surface area (Å²) in [6, 6.07) is 9.36. The summed E-state index contributed by atoms with van der Waals surface area (Å²) >= 11 is 1.37. The SMILES string of the molecule is COc1ccc(NS(=O)(=O)c2ccc3c(c2)NC(=O)CS3)cc1OC. The second-order valence-corrected chi connectivity index (χ2v) is 7.87. The van der Waals surface area contributed by atoms with Gasteiger partial charge in [-0.1, -0.05) is 0 Å². The predicted molar refractivity (Wildman–Crippen MR) is 96.2 cm³/mol. The number of hydrogen-bond donors (Lipinski definition) is 2. The molecule has 132 valence electrons. The first-order chi connectivity index (χ1) is 11.9. The Morgan fingerprint density at radius 1 is 1.08 bits per heavy atom. The fourth-order valence-corrected chi connectivity index (χ4v) is 4.21. The van der Waals surface area contributed by atoms with Crippen LogP contribution >= 0.6 is 11.8 Å². The Labute approximate surface area is 149 Å². The summed E-state index contributed by atoms with van der Waals surface area (Å²) in [5, 5.41) is 2.68. The van der Waals surface area contributed by atoms with Gasteiger partial charge in [-0.3, -0.25) is 9.52 Å². The highest BCUT2D eigenvalue weighted by molar-refractivity contribution is 8.00. The van der Waals surface area contributed by atoms with Gasteiger partial charge in [-0.2, -0.15) is 0 Å². The number of methoxy groups -OCH3 is 2. The number of nitrogens with one attached hydrogen (secondary N) is 2. The molecule has 3 rings (SSSR count). The summed E-state index contributed by atoms with van der Waals surface area (Å²) in [7, 11) is -0.842. The smallest absolute Gasteiger partial charge is 0.261 e. The summed E-state index contributed by atoms with van der Waals surface area (Å²) in [6.45, 7) is 0. The lowest BCUT2D eigenvalue weighted by atomic mass is 10.3. The first kappa shape index (κ1) is 17.4. The van der Waals surface area contributed by atoms with Crippen molar-refractivity contribution in [1.82, 2.24) is 0 Å². The Morgan fingerprint density at radius 3 is 2.56 bits per heavy atom. The Kier molecular flexibility index (Phi) is 4.78. The van der Waals surface area contributed by atoms with Crippen molar-refractivity contribution in [2.45, 2.75) is 9.79 Å². The average Bonchev–Trinajstić information content (AvgIpc) is 2.60. The monoisotopic (exact) mass is 380 g/mol. The first-order valence-corrected chi connectivity index (χ1v) is 9.71. The van der Waals surface area contributed by atoms with E-state index in [9.17, 15) is 13.2 Å². The molecule has 9 heteroatoms. The molecule has 1 aliphatic heterocycles. The topological polar surface area (TPSA) is 93.7 Å². The molecule has 2 N–H and O–H groups in total. The summed E-state index contributed by atoms with van der Waals surface area (Å²) in [5.41, 5.74) is 0.838. The number of rotatable bonds is 5. The van der Waals surface area contributed by atoms with Crippen LogP contribution in [-0.2, 0) is 14.8 Å². The van der Waals surface area contributed by atoms with Crippen molar-refractivity contribution in [3.63, 3.8) is 0 Å². The highest BCUT2D eigenvalue weighted by atomic mass is 32.2. The molecular weight excluding hydrogens is 364 g/mol. The Balaban J connectivity index is 1.90. The standard InChI is InChI=1S/C16H16N2O5S2/c1-22-13-5-3-10(7-14(13)23-2)18-25(20,21)11-4-6-15-12(8-11)17-16(19)9-24-15/h3-8,18H,9H2,1-2H3,(H,17,19). The molecular formula is C16H16N2O5S2. The molecule has 0 spiro atoms. The van der Waals surface area contributed by atoms with Gasteiger partial charge >= 0.3 is 0 Å². The first-order valence-electron chi connectivity index (χ1n) is 7.24. The van der Waals surface area contributed by atoms with Gasteiger partial charge in [-0.15, -0.1) is 11.8 Å². The second kappa shape index (κ2) is 6.85. The normalized spacial score (nSPS) is 13.6. The van der Waals surface area contributed by atoms with Crippen molar-refractivity contribution in [2.75, 3.05) is 30.0 Å². The number of anilines is 2. The summed E-state index contributed by atoms with van der Waals surface area (Å²) in [6.07, 6.45) is 0. The van der Waals surface area contributed by atoms with E-state index in [2.05, 4.69) is 10.0 Å². The zero-order chi connectivity index (χ0) is 18.0. The third kappa shape index (κ3) is 3.67. The number of thioether (sulfide) groups is 1. The molecule has 7 nitrogen and oxygen atoms in total. The fraction of sp³-hybridized carbons (Fsp3) is 0.188. The van der Waals surface area contributed by atoms with Gasteiger partial charge in [0.25, 0.3) is 10.0 Å². The van der Waals surface area contributed by atoms with Crippen molar-refractivity contribution < 1.29 is 22.7 Å². The number of fused-ring (bicyclic) bond motifs is 1. The highest BCUT2D eigenvalue weighted by Crippen LogP contribution is 2.34. The van der Waals surface area contributed by atoms with Crippen LogP contribution in [-0.4, -0.2) is 34.3 Å². The molecule has 2 aromatic carbocycles. The zero-order valence-corrected chi connectivity index (χ0v) is 15.2. The van der Waals surface area contributed by atoms with Crippen LogP contribution in [0.5, 0.6) is 11.5 Å². The summed E-state index contributed by atoms with van der Waals surface area (Å²) in [5.74, 6) is 1.08. The fourth-order valence-electron chi connectivity index (χ4n) is 2.34.